The van der Waals surface area contributed by atoms with Crippen molar-refractivity contribution in [1.29, 1.82) is 0 Å². The molecule has 1 N–H and O–H groups in total. The number of halogens is 3. The molecule has 8 heteroatoms. The van der Waals surface area contributed by atoms with E-state index in [0.717, 1.165) is 6.42 Å². The van der Waals surface area contributed by atoms with Gasteiger partial charge < -0.3 is 10.1 Å². The van der Waals surface area contributed by atoms with Crippen molar-refractivity contribution in [2.75, 3.05) is 17.3 Å². The highest BCUT2D eigenvalue weighted by Crippen LogP contribution is 2.34. The van der Waals surface area contributed by atoms with Crippen molar-refractivity contribution in [2.24, 2.45) is 0 Å². The lowest BCUT2D eigenvalue weighted by Crippen LogP contribution is -2.11. The highest BCUT2D eigenvalue weighted by Gasteiger charge is 2.14. The van der Waals surface area contributed by atoms with Gasteiger partial charge in [0.05, 0.1) is 22.7 Å². The second kappa shape index (κ2) is 7.89. The summed E-state index contributed by atoms with van der Waals surface area (Å²) in [6, 6.07) is 2.92. The van der Waals surface area contributed by atoms with Crippen LogP contribution in [0.25, 0.3) is 11.3 Å². The number of amides is 1. The summed E-state index contributed by atoms with van der Waals surface area (Å²) in [5.41, 5.74) is 1.07. The molecule has 2 aromatic rings. The Labute approximate surface area is 144 Å². The van der Waals surface area contributed by atoms with Crippen molar-refractivity contribution in [2.45, 2.75) is 13.3 Å². The van der Waals surface area contributed by atoms with E-state index >= 15 is 0 Å². The molecule has 0 aliphatic rings. The van der Waals surface area contributed by atoms with E-state index in [1.165, 1.54) is 17.4 Å². The fourth-order valence-corrected chi connectivity index (χ4v) is 2.80. The van der Waals surface area contributed by atoms with Gasteiger partial charge in [-0.25, -0.2) is 9.37 Å². The van der Waals surface area contributed by atoms with E-state index in [9.17, 15) is 9.18 Å². The maximum Gasteiger partial charge on any atom is 0.236 e. The molecular formula is C14H13BrClFN2O2S. The Morgan fingerprint density at radius 2 is 2.32 bits per heavy atom. The number of nitrogens with zero attached hydrogens (tertiary/aromatic N) is 1. The Morgan fingerprint density at radius 3 is 2.95 bits per heavy atom. The molecule has 4 nitrogen and oxygen atoms in total. The quantitative estimate of drug-likeness (QED) is 0.705. The molecule has 0 atom stereocenters. The predicted octanol–water partition coefficient (Wildman–Crippen LogP) is 4.72. The molecule has 118 valence electrons. The van der Waals surface area contributed by atoms with E-state index in [1.54, 1.807) is 11.4 Å². The summed E-state index contributed by atoms with van der Waals surface area (Å²) >= 11 is 10.4. The lowest BCUT2D eigenvalue weighted by atomic mass is 10.1. The molecule has 1 aromatic carbocycles. The number of alkyl halides is 1. The van der Waals surface area contributed by atoms with Crippen LogP contribution in [0.3, 0.4) is 0 Å². The second-order valence-electron chi connectivity index (χ2n) is 4.34. The summed E-state index contributed by atoms with van der Waals surface area (Å²) in [4.78, 5) is 15.5. The number of anilines is 1. The number of aromatic nitrogens is 1. The van der Waals surface area contributed by atoms with Crippen molar-refractivity contribution >= 4 is 49.9 Å². The molecule has 0 aliphatic carbocycles. The van der Waals surface area contributed by atoms with Crippen LogP contribution in [-0.4, -0.2) is 22.8 Å². The van der Waals surface area contributed by atoms with Crippen LogP contribution in [0.15, 0.2) is 17.5 Å². The zero-order valence-corrected chi connectivity index (χ0v) is 14.8. The molecule has 0 bridgehead atoms. The molecule has 0 saturated carbocycles. The predicted molar refractivity (Wildman–Crippen MR) is 90.7 cm³/mol. The Balaban J connectivity index is 2.24. The summed E-state index contributed by atoms with van der Waals surface area (Å²) in [6.45, 7) is 2.33. The third kappa shape index (κ3) is 4.18. The zero-order valence-electron chi connectivity index (χ0n) is 11.7. The molecule has 0 saturated heterocycles. The molecule has 0 spiro atoms. The summed E-state index contributed by atoms with van der Waals surface area (Å²) in [5, 5.41) is 5.17. The summed E-state index contributed by atoms with van der Waals surface area (Å²) in [7, 11) is 0. The first-order valence-corrected chi connectivity index (χ1v) is 8.86. The average molecular weight is 408 g/mol. The van der Waals surface area contributed by atoms with Gasteiger partial charge in [0, 0.05) is 10.9 Å². The van der Waals surface area contributed by atoms with Crippen molar-refractivity contribution < 1.29 is 13.9 Å². The minimum absolute atomic E-state index is 0.0512. The van der Waals surface area contributed by atoms with Gasteiger partial charge in [-0.1, -0.05) is 34.5 Å². The van der Waals surface area contributed by atoms with Crippen LogP contribution in [0, 0.1) is 5.82 Å². The minimum atomic E-state index is -0.532. The van der Waals surface area contributed by atoms with Crippen molar-refractivity contribution in [3.63, 3.8) is 0 Å². The summed E-state index contributed by atoms with van der Waals surface area (Å²) in [5.74, 6) is -0.682. The molecule has 0 unspecified atom stereocenters. The van der Waals surface area contributed by atoms with Gasteiger partial charge >= 0.3 is 0 Å². The first-order valence-electron chi connectivity index (χ1n) is 6.48. The number of hydrogen-bond acceptors (Lipinski definition) is 4. The Hall–Kier alpha value is -1.18. The van der Waals surface area contributed by atoms with Crippen molar-refractivity contribution in [1.82, 2.24) is 4.98 Å². The largest absolute Gasteiger partial charge is 0.489 e. The molecule has 1 aromatic heterocycles. The highest BCUT2D eigenvalue weighted by atomic mass is 79.9. The number of rotatable bonds is 6. The topological polar surface area (TPSA) is 51.2 Å². The lowest BCUT2D eigenvalue weighted by Gasteiger charge is -2.09. The third-order valence-corrected chi connectivity index (χ3v) is 4.16. The van der Waals surface area contributed by atoms with Crippen LogP contribution in [0.2, 0.25) is 5.02 Å². The second-order valence-corrected chi connectivity index (χ2v) is 6.16. The molecule has 2 rings (SSSR count). The normalized spacial score (nSPS) is 10.5. The van der Waals surface area contributed by atoms with Gasteiger partial charge in [-0.15, -0.1) is 11.3 Å². The summed E-state index contributed by atoms with van der Waals surface area (Å²) in [6.07, 6.45) is 0.764. The van der Waals surface area contributed by atoms with Gasteiger partial charge in [0.15, 0.2) is 16.7 Å². The van der Waals surface area contributed by atoms with Crippen LogP contribution in [0.4, 0.5) is 9.52 Å². The van der Waals surface area contributed by atoms with Gasteiger partial charge in [-0.05, 0) is 18.6 Å². The van der Waals surface area contributed by atoms with Crippen molar-refractivity contribution in [3.8, 4) is 17.0 Å². The van der Waals surface area contributed by atoms with Gasteiger partial charge in [0.25, 0.3) is 0 Å². The van der Waals surface area contributed by atoms with Gasteiger partial charge in [-0.3, -0.25) is 4.79 Å². The number of benzene rings is 1. The Morgan fingerprint density at radius 1 is 1.55 bits per heavy atom. The van der Waals surface area contributed by atoms with Gasteiger partial charge in [0.2, 0.25) is 5.91 Å². The number of nitrogens with one attached hydrogen (secondary N) is 1. The number of ether oxygens (including phenoxy) is 1. The Bertz CT molecular complexity index is 658. The number of carbonyl (C=O) groups excluding carboxylic acids is 1. The number of thiazole rings is 1. The minimum Gasteiger partial charge on any atom is -0.489 e. The van der Waals surface area contributed by atoms with Crippen LogP contribution < -0.4 is 10.1 Å². The smallest absolute Gasteiger partial charge is 0.236 e. The monoisotopic (exact) mass is 406 g/mol. The highest BCUT2D eigenvalue weighted by molar-refractivity contribution is 9.09. The third-order valence-electron chi connectivity index (χ3n) is 2.62. The maximum atomic E-state index is 14.1. The standard InChI is InChI=1S/C14H13BrClFN2O2S/c1-2-3-21-13-9(16)4-8(5-10(13)17)11-7-22-14(18-11)19-12(20)6-15/h4-5,7H,2-3,6H2,1H3,(H,18,19,20). The molecule has 0 fully saturated rings. The fraction of sp³-hybridized carbons (Fsp3) is 0.286. The maximum absolute atomic E-state index is 14.1. The lowest BCUT2D eigenvalue weighted by molar-refractivity contribution is -0.113. The SMILES string of the molecule is CCCOc1c(F)cc(-c2csc(NC(=O)CBr)n2)cc1Cl. The van der Waals surface area contributed by atoms with Gasteiger partial charge in [0.1, 0.15) is 0 Å². The van der Waals surface area contributed by atoms with E-state index in [2.05, 4.69) is 26.2 Å². The van der Waals surface area contributed by atoms with E-state index in [0.29, 0.717) is 23.0 Å². The van der Waals surface area contributed by atoms with Crippen LogP contribution in [0.5, 0.6) is 5.75 Å². The Kier molecular flexibility index (Phi) is 6.16. The molecule has 22 heavy (non-hydrogen) atoms. The van der Waals surface area contributed by atoms with Gasteiger partial charge in [-0.2, -0.15) is 0 Å². The van der Waals surface area contributed by atoms with Crippen molar-refractivity contribution in [3.05, 3.63) is 28.4 Å². The molecule has 1 amide bonds. The molecule has 0 radical (unpaired) electrons. The first-order chi connectivity index (χ1) is 10.5. The van der Waals surface area contributed by atoms with E-state index < -0.39 is 5.82 Å². The average Bonchev–Trinajstić information content (AvgIpc) is 2.94. The zero-order chi connectivity index (χ0) is 16.1. The molecular weight excluding hydrogens is 395 g/mol. The van der Waals surface area contributed by atoms with E-state index in [4.69, 9.17) is 16.3 Å². The molecule has 0 aliphatic heterocycles. The fourth-order valence-electron chi connectivity index (χ4n) is 1.67. The van der Waals surface area contributed by atoms with Crippen LogP contribution in [-0.2, 0) is 4.79 Å². The summed E-state index contributed by atoms with van der Waals surface area (Å²) < 4.78 is 19.4. The molecule has 1 heterocycles. The van der Waals surface area contributed by atoms with E-state index in [1.807, 2.05) is 6.92 Å². The van der Waals surface area contributed by atoms with Crippen LogP contribution >= 0.6 is 38.9 Å². The number of carbonyl (C=O) groups is 1. The number of hydrogen-bond donors (Lipinski definition) is 1. The van der Waals surface area contributed by atoms with E-state index in [-0.39, 0.29) is 22.0 Å². The van der Waals surface area contributed by atoms with Crippen LogP contribution in [0.1, 0.15) is 13.3 Å². The first kappa shape index (κ1) is 17.2.